The van der Waals surface area contributed by atoms with Crippen LogP contribution in [0.1, 0.15) is 73.4 Å². The number of hydrazine groups is 2. The number of primary amides is 2. The van der Waals surface area contributed by atoms with Gasteiger partial charge in [-0.2, -0.15) is 0 Å². The largest absolute Gasteiger partial charge is 0.436 e. The van der Waals surface area contributed by atoms with Crippen LogP contribution in [-0.4, -0.2) is 130 Å². The summed E-state index contributed by atoms with van der Waals surface area (Å²) in [4.78, 5) is 68.3. The third kappa shape index (κ3) is 8.64. The van der Waals surface area contributed by atoms with Gasteiger partial charge < -0.3 is 40.4 Å². The van der Waals surface area contributed by atoms with E-state index in [9.17, 15) is 19.2 Å². The van der Waals surface area contributed by atoms with E-state index in [2.05, 4.69) is 60.2 Å². The molecule has 0 bridgehead atoms. The van der Waals surface area contributed by atoms with E-state index in [1.54, 1.807) is 22.4 Å². The molecule has 62 heavy (non-hydrogen) atoms. The second kappa shape index (κ2) is 18.3. The fraction of sp³-hybridized carbons (Fsp3) is 0.500. The summed E-state index contributed by atoms with van der Waals surface area (Å²) in [5, 5.41) is 7.00. The molecule has 4 fully saturated rings. The molecule has 4 amide bonds. The number of hydrogen-bond acceptors (Lipinski definition) is 12. The van der Waals surface area contributed by atoms with Gasteiger partial charge in [-0.1, -0.05) is 36.4 Å². The van der Waals surface area contributed by atoms with Crippen LogP contribution in [0.5, 0.6) is 0 Å². The molecular weight excluding hydrogens is 797 g/mol. The Bertz CT molecular complexity index is 2270. The van der Waals surface area contributed by atoms with Crippen LogP contribution in [0.3, 0.4) is 0 Å². The summed E-state index contributed by atoms with van der Waals surface area (Å²) in [6.07, 6.45) is 3.32. The first-order valence-electron chi connectivity index (χ1n) is 21.4. The predicted molar refractivity (Wildman–Crippen MR) is 226 cm³/mol. The van der Waals surface area contributed by atoms with Crippen molar-refractivity contribution in [2.75, 3.05) is 53.6 Å². The van der Waals surface area contributed by atoms with Gasteiger partial charge in [-0.25, -0.2) is 29.6 Å². The van der Waals surface area contributed by atoms with Crippen LogP contribution < -0.4 is 11.5 Å². The van der Waals surface area contributed by atoms with Crippen LogP contribution in [0, 0.1) is 25.7 Å². The van der Waals surface area contributed by atoms with Crippen molar-refractivity contribution in [2.45, 2.75) is 76.7 Å². The molecule has 8 rings (SSSR count). The van der Waals surface area contributed by atoms with Crippen LogP contribution in [0.4, 0.5) is 9.59 Å². The van der Waals surface area contributed by atoms with E-state index in [0.29, 0.717) is 89.7 Å². The number of H-pyrrole nitrogens is 2. The van der Waals surface area contributed by atoms with Crippen LogP contribution >= 0.6 is 0 Å². The van der Waals surface area contributed by atoms with Gasteiger partial charge in [0.15, 0.2) is 12.2 Å². The van der Waals surface area contributed by atoms with Crippen molar-refractivity contribution in [3.8, 4) is 33.6 Å². The molecule has 4 saturated heterocycles. The van der Waals surface area contributed by atoms with Crippen LogP contribution in [0.15, 0.2) is 48.8 Å². The standard InChI is InChI=1S/C44H56N10O8/c1-25-26(2)32(34-24-48-40(50-34)36-12-18-52(4)54(36)42(56)38(62-44(46)58)30-15-21-60-22-16-30)10-9-31(25)27-5-7-28(8-6-27)33-23-47-39(49-33)35-11-17-51(3)53(35)41(55)37(61-43(45)57)29-13-19-59-20-14-29/h5-10,23-24,29-30,35-38H,11-22H2,1-4H3,(H2,45,57)(H2,46,58)(H,47,49)(H,48,50)/t35-,36-,37-,38-/m0/s1. The molecule has 0 aliphatic carbocycles. The summed E-state index contributed by atoms with van der Waals surface area (Å²) in [5.74, 6) is 0.285. The Balaban J connectivity index is 0.968. The Kier molecular flexibility index (Phi) is 12.6. The molecule has 6 N–H and O–H groups in total. The minimum absolute atomic E-state index is 0.186. The zero-order valence-corrected chi connectivity index (χ0v) is 35.7. The summed E-state index contributed by atoms with van der Waals surface area (Å²) < 4.78 is 21.8. The number of ether oxygens (including phenoxy) is 4. The Morgan fingerprint density at radius 2 is 1.05 bits per heavy atom. The first-order chi connectivity index (χ1) is 29.9. The lowest BCUT2D eigenvalue weighted by atomic mass is 9.92. The Morgan fingerprint density at radius 3 is 1.53 bits per heavy atom. The predicted octanol–water partition coefficient (Wildman–Crippen LogP) is 4.77. The van der Waals surface area contributed by atoms with Crippen LogP contribution in [0.25, 0.3) is 33.6 Å². The third-order valence-corrected chi connectivity index (χ3v) is 13.0. The molecule has 330 valence electrons. The highest BCUT2D eigenvalue weighted by atomic mass is 16.6. The number of nitrogens with two attached hydrogens (primary N) is 2. The highest BCUT2D eigenvalue weighted by molar-refractivity contribution is 5.85. The molecule has 0 saturated carbocycles. The van der Waals surface area contributed by atoms with Gasteiger partial charge in [0.2, 0.25) is 0 Å². The number of carbonyl (C=O) groups is 4. The number of nitrogens with zero attached hydrogens (tertiary/aromatic N) is 6. The van der Waals surface area contributed by atoms with E-state index in [-0.39, 0.29) is 35.7 Å². The number of nitrogens with one attached hydrogen (secondary N) is 2. The van der Waals surface area contributed by atoms with Gasteiger partial charge in [0.1, 0.15) is 23.7 Å². The van der Waals surface area contributed by atoms with Crippen LogP contribution in [0.2, 0.25) is 0 Å². The molecule has 4 atom stereocenters. The molecule has 6 heterocycles. The Labute approximate surface area is 360 Å². The number of aromatic nitrogens is 4. The molecule has 0 spiro atoms. The molecule has 4 aliphatic heterocycles. The first-order valence-corrected chi connectivity index (χ1v) is 21.4. The summed E-state index contributed by atoms with van der Waals surface area (Å²) in [7, 11) is 3.69. The van der Waals surface area contributed by atoms with E-state index in [4.69, 9.17) is 40.4 Å². The molecule has 18 heteroatoms. The topological polar surface area (TPSA) is 228 Å². The quantitative estimate of drug-likeness (QED) is 0.160. The zero-order chi connectivity index (χ0) is 43.7. The van der Waals surface area contributed by atoms with Gasteiger partial charge in [0.25, 0.3) is 11.8 Å². The molecule has 2 aromatic heterocycles. The van der Waals surface area contributed by atoms with Gasteiger partial charge in [-0.3, -0.25) is 19.6 Å². The highest BCUT2D eigenvalue weighted by Crippen LogP contribution is 2.38. The van der Waals surface area contributed by atoms with Crippen LogP contribution in [-0.2, 0) is 28.5 Å². The van der Waals surface area contributed by atoms with Gasteiger partial charge >= 0.3 is 12.2 Å². The van der Waals surface area contributed by atoms with E-state index in [1.165, 1.54) is 0 Å². The van der Waals surface area contributed by atoms with Gasteiger partial charge in [-0.05, 0) is 80.2 Å². The number of hydrogen-bond donors (Lipinski definition) is 4. The number of amides is 4. The van der Waals surface area contributed by atoms with Crippen molar-refractivity contribution >= 4 is 24.0 Å². The van der Waals surface area contributed by atoms with E-state index in [0.717, 1.165) is 44.8 Å². The lowest BCUT2D eigenvalue weighted by Crippen LogP contribution is -2.50. The average molecular weight is 853 g/mol. The molecule has 4 aliphatic rings. The summed E-state index contributed by atoms with van der Waals surface area (Å²) >= 11 is 0. The van der Waals surface area contributed by atoms with E-state index < -0.39 is 24.4 Å². The summed E-state index contributed by atoms with van der Waals surface area (Å²) in [6, 6.07) is 11.7. The number of imidazole rings is 2. The molecule has 0 unspecified atom stereocenters. The number of rotatable bonds is 11. The fourth-order valence-corrected chi connectivity index (χ4v) is 9.50. The maximum absolute atomic E-state index is 14.0. The van der Waals surface area contributed by atoms with E-state index >= 15 is 0 Å². The molecule has 2 aromatic carbocycles. The Hall–Kier alpha value is -5.82. The van der Waals surface area contributed by atoms with Gasteiger partial charge in [-0.15, -0.1) is 0 Å². The zero-order valence-electron chi connectivity index (χ0n) is 35.7. The average Bonchev–Trinajstić information content (AvgIpc) is 4.10. The van der Waals surface area contributed by atoms with Crippen molar-refractivity contribution in [3.05, 3.63) is 71.6 Å². The lowest BCUT2D eigenvalue weighted by Gasteiger charge is -2.35. The van der Waals surface area contributed by atoms with Gasteiger partial charge in [0, 0.05) is 71.0 Å². The van der Waals surface area contributed by atoms with Gasteiger partial charge in [0.05, 0.1) is 23.8 Å². The minimum Gasteiger partial charge on any atom is -0.436 e. The van der Waals surface area contributed by atoms with Crippen molar-refractivity contribution in [1.29, 1.82) is 0 Å². The fourth-order valence-electron chi connectivity index (χ4n) is 9.50. The number of aromatic amines is 2. The second-order valence-corrected chi connectivity index (χ2v) is 16.7. The number of benzene rings is 2. The highest BCUT2D eigenvalue weighted by Gasteiger charge is 2.45. The Morgan fingerprint density at radius 1 is 0.629 bits per heavy atom. The normalized spacial score (nSPS) is 21.5. The maximum Gasteiger partial charge on any atom is 0.405 e. The maximum atomic E-state index is 14.0. The first kappa shape index (κ1) is 42.9. The molecule has 4 aromatic rings. The molecule has 18 nitrogen and oxygen atoms in total. The monoisotopic (exact) mass is 852 g/mol. The second-order valence-electron chi connectivity index (χ2n) is 16.7. The molecule has 0 radical (unpaired) electrons. The molecular formula is C44H56N10O8. The van der Waals surface area contributed by atoms with Crippen molar-refractivity contribution < 1.29 is 38.1 Å². The lowest BCUT2D eigenvalue weighted by molar-refractivity contribution is -0.160. The third-order valence-electron chi connectivity index (χ3n) is 13.0. The SMILES string of the molecule is Cc1c(-c2ccc(-c3cnc([C@@H]4CCN(C)N4C(=O)[C@@H](OC(N)=O)C4CCOCC4)[nH]3)cc2)ccc(-c2cnc([C@@H]3CCN(C)N3C(=O)[C@@H](OC(N)=O)C3CCOCC3)[nH]2)c1C. The number of carbonyl (C=O) groups excluding carboxylic acids is 4. The summed E-state index contributed by atoms with van der Waals surface area (Å²) in [5.41, 5.74) is 18.8. The summed E-state index contributed by atoms with van der Waals surface area (Å²) in [6.45, 7) is 7.43. The van der Waals surface area contributed by atoms with Crippen molar-refractivity contribution in [2.24, 2.45) is 23.3 Å². The van der Waals surface area contributed by atoms with E-state index in [1.807, 2.05) is 24.1 Å². The minimum atomic E-state index is -1.01. The smallest absolute Gasteiger partial charge is 0.405 e. The van der Waals surface area contributed by atoms with Crippen molar-refractivity contribution in [1.82, 2.24) is 40.0 Å². The van der Waals surface area contributed by atoms with Crippen molar-refractivity contribution in [3.63, 3.8) is 0 Å².